The zero-order valence-electron chi connectivity index (χ0n) is 22.4. The first-order chi connectivity index (χ1) is 16.6. The summed E-state index contributed by atoms with van der Waals surface area (Å²) in [7, 11) is 0. The van der Waals surface area contributed by atoms with Gasteiger partial charge in [-0.2, -0.15) is 0 Å². The zero-order valence-corrected chi connectivity index (χ0v) is 22.4. The van der Waals surface area contributed by atoms with Crippen LogP contribution in [0.25, 0.3) is 0 Å². The topological polar surface area (TPSA) is 83.8 Å². The van der Waals surface area contributed by atoms with E-state index in [4.69, 9.17) is 9.84 Å². The van der Waals surface area contributed by atoms with Crippen molar-refractivity contribution in [3.05, 3.63) is 93.0 Å². The lowest BCUT2D eigenvalue weighted by Gasteiger charge is -2.30. The minimum atomic E-state index is -1.05. The van der Waals surface area contributed by atoms with E-state index in [0.29, 0.717) is 12.2 Å². The van der Waals surface area contributed by atoms with Crippen molar-refractivity contribution >= 4 is 11.9 Å². The number of aromatic carboxylic acids is 1. The van der Waals surface area contributed by atoms with Crippen LogP contribution in [-0.2, 0) is 17.3 Å². The first kappa shape index (κ1) is 27.0. The molecule has 0 aliphatic rings. The van der Waals surface area contributed by atoms with Crippen LogP contribution in [0.15, 0.2) is 48.5 Å². The summed E-state index contributed by atoms with van der Waals surface area (Å²) in [5, 5.41) is 20.0. The smallest absolute Gasteiger partial charge is 0.343 e. The Morgan fingerprint density at radius 3 is 1.78 bits per heavy atom. The molecule has 0 spiro atoms. The van der Waals surface area contributed by atoms with Crippen LogP contribution in [0.2, 0.25) is 0 Å². The predicted molar refractivity (Wildman–Crippen MR) is 143 cm³/mol. The van der Waals surface area contributed by atoms with Gasteiger partial charge >= 0.3 is 11.9 Å². The Balaban J connectivity index is 2.12. The van der Waals surface area contributed by atoms with E-state index in [2.05, 4.69) is 48.5 Å². The first-order valence-electron chi connectivity index (χ1n) is 12.1. The summed E-state index contributed by atoms with van der Waals surface area (Å²) in [4.78, 5) is 24.1. The number of carbonyl (C=O) groups excluding carboxylic acids is 1. The van der Waals surface area contributed by atoms with Gasteiger partial charge in [-0.05, 0) is 83.3 Å². The molecule has 0 aromatic heterocycles. The molecule has 0 fully saturated rings. The molecule has 0 heterocycles. The number of aryl methyl sites for hydroxylation is 2. The molecule has 5 heteroatoms. The van der Waals surface area contributed by atoms with Gasteiger partial charge in [0.1, 0.15) is 11.5 Å². The van der Waals surface area contributed by atoms with E-state index in [0.717, 1.165) is 33.4 Å². The largest absolute Gasteiger partial charge is 0.508 e. The highest BCUT2D eigenvalue weighted by molar-refractivity contribution is 5.93. The third kappa shape index (κ3) is 5.62. The number of phenols is 1. The number of hydrogen-bond donors (Lipinski definition) is 2. The number of carboxylic acid groups (broad SMARTS) is 1. The van der Waals surface area contributed by atoms with Gasteiger partial charge in [0.25, 0.3) is 0 Å². The summed E-state index contributed by atoms with van der Waals surface area (Å²) in [5.41, 5.74) is 5.93. The van der Waals surface area contributed by atoms with Crippen molar-refractivity contribution in [2.45, 2.75) is 72.6 Å². The Morgan fingerprint density at radius 1 is 0.722 bits per heavy atom. The van der Waals surface area contributed by atoms with Crippen LogP contribution in [0.1, 0.15) is 95.6 Å². The van der Waals surface area contributed by atoms with Crippen LogP contribution in [0.3, 0.4) is 0 Å². The third-order valence-electron chi connectivity index (χ3n) is 6.43. The van der Waals surface area contributed by atoms with Gasteiger partial charge in [-0.25, -0.2) is 9.59 Å². The van der Waals surface area contributed by atoms with E-state index in [1.807, 2.05) is 25.1 Å². The van der Waals surface area contributed by atoms with Crippen LogP contribution < -0.4 is 4.74 Å². The highest BCUT2D eigenvalue weighted by Gasteiger charge is 2.29. The molecular formula is C31H36O5. The molecule has 3 aromatic rings. The number of carbonyl (C=O) groups is 2. The van der Waals surface area contributed by atoms with E-state index >= 15 is 0 Å². The fraction of sp³-hybridized carbons (Fsp3) is 0.355. The minimum absolute atomic E-state index is 0.104. The molecular weight excluding hydrogens is 452 g/mol. The monoisotopic (exact) mass is 488 g/mol. The fourth-order valence-electron chi connectivity index (χ4n) is 4.93. The molecule has 3 aromatic carbocycles. The maximum atomic E-state index is 13.0. The molecule has 36 heavy (non-hydrogen) atoms. The SMILES string of the molecule is Cc1ccc(OC(=O)c2ccc(C(=O)O)cc2)c(C(C)(C)C)c1Cc1c(O)ccc(C)c1C(C)(C)C. The predicted octanol–water partition coefficient (Wildman–Crippen LogP) is 7.11. The molecule has 0 atom stereocenters. The molecule has 3 rings (SSSR count). The summed E-state index contributed by atoms with van der Waals surface area (Å²) >= 11 is 0. The highest BCUT2D eigenvalue weighted by atomic mass is 16.5. The number of carboxylic acids is 1. The number of ether oxygens (including phenoxy) is 1. The normalized spacial score (nSPS) is 11.9. The maximum Gasteiger partial charge on any atom is 0.343 e. The van der Waals surface area contributed by atoms with Crippen LogP contribution in [-0.4, -0.2) is 22.2 Å². The Labute approximate surface area is 213 Å². The lowest BCUT2D eigenvalue weighted by atomic mass is 9.76. The quantitative estimate of drug-likeness (QED) is 0.295. The minimum Gasteiger partial charge on any atom is -0.508 e. The lowest BCUT2D eigenvalue weighted by molar-refractivity contribution is 0.0691. The van der Waals surface area contributed by atoms with Gasteiger partial charge in [0, 0.05) is 17.5 Å². The molecule has 0 saturated carbocycles. The second kappa shape index (κ2) is 9.81. The molecule has 0 saturated heterocycles. The number of hydrogen-bond acceptors (Lipinski definition) is 4. The molecule has 0 bridgehead atoms. The van der Waals surface area contributed by atoms with Crippen molar-refractivity contribution in [3.8, 4) is 11.5 Å². The van der Waals surface area contributed by atoms with Gasteiger partial charge < -0.3 is 14.9 Å². The third-order valence-corrected chi connectivity index (χ3v) is 6.43. The second-order valence-corrected chi connectivity index (χ2v) is 11.4. The number of benzene rings is 3. The van der Waals surface area contributed by atoms with E-state index < -0.39 is 11.9 Å². The van der Waals surface area contributed by atoms with Gasteiger partial charge in [-0.1, -0.05) is 53.7 Å². The molecule has 0 aliphatic heterocycles. The van der Waals surface area contributed by atoms with E-state index in [1.54, 1.807) is 6.07 Å². The molecule has 0 unspecified atom stereocenters. The molecule has 5 nitrogen and oxygen atoms in total. The van der Waals surface area contributed by atoms with Crippen LogP contribution in [0, 0.1) is 13.8 Å². The average Bonchev–Trinajstić information content (AvgIpc) is 2.76. The number of aromatic hydroxyl groups is 1. The van der Waals surface area contributed by atoms with Crippen LogP contribution >= 0.6 is 0 Å². The van der Waals surface area contributed by atoms with Crippen molar-refractivity contribution in [1.29, 1.82) is 0 Å². The van der Waals surface area contributed by atoms with Crippen LogP contribution in [0.4, 0.5) is 0 Å². The fourth-order valence-corrected chi connectivity index (χ4v) is 4.93. The molecule has 190 valence electrons. The van der Waals surface area contributed by atoms with Gasteiger partial charge in [0.2, 0.25) is 0 Å². The highest BCUT2D eigenvalue weighted by Crippen LogP contribution is 2.41. The van der Waals surface area contributed by atoms with Crippen molar-refractivity contribution in [3.63, 3.8) is 0 Å². The van der Waals surface area contributed by atoms with E-state index in [9.17, 15) is 14.7 Å². The average molecular weight is 489 g/mol. The summed E-state index contributed by atoms with van der Waals surface area (Å²) in [5.74, 6) is -0.895. The Bertz CT molecular complexity index is 1300. The van der Waals surface area contributed by atoms with Crippen LogP contribution in [0.5, 0.6) is 11.5 Å². The van der Waals surface area contributed by atoms with E-state index in [-0.39, 0.29) is 27.7 Å². The Morgan fingerprint density at radius 2 is 1.25 bits per heavy atom. The van der Waals surface area contributed by atoms with Gasteiger partial charge in [0.15, 0.2) is 0 Å². The second-order valence-electron chi connectivity index (χ2n) is 11.4. The maximum absolute atomic E-state index is 13.0. The summed E-state index contributed by atoms with van der Waals surface area (Å²) < 4.78 is 5.89. The van der Waals surface area contributed by atoms with Gasteiger partial charge in [-0.3, -0.25) is 0 Å². The van der Waals surface area contributed by atoms with Crippen molar-refractivity contribution in [1.82, 2.24) is 0 Å². The zero-order chi connectivity index (χ0) is 27.0. The molecule has 0 radical (unpaired) electrons. The number of phenolic OH excluding ortho intramolecular Hbond substituents is 1. The standard InChI is InChI=1S/C31H36O5/c1-18-10-16-25(36-29(35)21-13-11-20(12-14-21)28(33)34)27(31(6,7)8)22(18)17-23-24(32)15-9-19(2)26(23)30(3,4)5/h9-16,32H,17H2,1-8H3,(H,33,34). The van der Waals surface area contributed by atoms with Gasteiger partial charge in [0.05, 0.1) is 11.1 Å². The molecule has 0 amide bonds. The van der Waals surface area contributed by atoms with Crippen molar-refractivity contribution in [2.75, 3.05) is 0 Å². The number of rotatable bonds is 5. The summed E-state index contributed by atoms with van der Waals surface area (Å²) in [6.07, 6.45) is 0.497. The first-order valence-corrected chi connectivity index (χ1v) is 12.1. The lowest BCUT2D eigenvalue weighted by Crippen LogP contribution is -2.21. The summed E-state index contributed by atoms with van der Waals surface area (Å²) in [6.45, 7) is 16.7. The molecule has 0 aliphatic carbocycles. The van der Waals surface area contributed by atoms with Gasteiger partial charge in [-0.15, -0.1) is 0 Å². The molecule has 2 N–H and O–H groups in total. The van der Waals surface area contributed by atoms with E-state index in [1.165, 1.54) is 24.3 Å². The van der Waals surface area contributed by atoms with Crippen molar-refractivity contribution < 1.29 is 24.5 Å². The van der Waals surface area contributed by atoms with Crippen molar-refractivity contribution in [2.24, 2.45) is 0 Å². The number of esters is 1. The summed E-state index contributed by atoms with van der Waals surface area (Å²) in [6, 6.07) is 13.1. The Kier molecular flexibility index (Phi) is 7.35. The Hall–Kier alpha value is -3.60.